The highest BCUT2D eigenvalue weighted by Crippen LogP contribution is 2.31. The lowest BCUT2D eigenvalue weighted by Crippen LogP contribution is -2.23. The Hall–Kier alpha value is -2.88. The van der Waals surface area contributed by atoms with Gasteiger partial charge in [0.25, 0.3) is 0 Å². The molecular weight excluding hydrogens is 276 g/mol. The van der Waals surface area contributed by atoms with Crippen molar-refractivity contribution in [1.29, 1.82) is 0 Å². The van der Waals surface area contributed by atoms with Gasteiger partial charge in [-0.15, -0.1) is 0 Å². The van der Waals surface area contributed by atoms with Gasteiger partial charge < -0.3 is 14.5 Å². The van der Waals surface area contributed by atoms with Gasteiger partial charge in [0, 0.05) is 30.1 Å². The molecule has 2 aromatic carbocycles. The first kappa shape index (κ1) is 14.1. The first-order chi connectivity index (χ1) is 10.8. The SMILES string of the molecule is O=C([O-])CCn1cnc(-c2ccccc2)c1-c1ccccc1. The molecule has 0 spiro atoms. The van der Waals surface area contributed by atoms with Crippen molar-refractivity contribution in [3.8, 4) is 22.5 Å². The van der Waals surface area contributed by atoms with E-state index < -0.39 is 5.97 Å². The molecule has 1 heterocycles. The van der Waals surface area contributed by atoms with E-state index in [0.29, 0.717) is 6.54 Å². The molecule has 0 unspecified atom stereocenters. The second-order valence-electron chi connectivity index (χ2n) is 4.99. The fourth-order valence-corrected chi connectivity index (χ4v) is 2.47. The van der Waals surface area contributed by atoms with Crippen LogP contribution in [0.15, 0.2) is 67.0 Å². The fraction of sp³-hybridized carbons (Fsp3) is 0.111. The molecule has 0 aliphatic carbocycles. The average molecular weight is 291 g/mol. The molecule has 0 saturated heterocycles. The van der Waals surface area contributed by atoms with E-state index in [1.54, 1.807) is 6.33 Å². The molecule has 110 valence electrons. The van der Waals surface area contributed by atoms with Gasteiger partial charge in [-0.1, -0.05) is 60.7 Å². The van der Waals surface area contributed by atoms with Gasteiger partial charge >= 0.3 is 0 Å². The summed E-state index contributed by atoms with van der Waals surface area (Å²) in [5, 5.41) is 10.8. The van der Waals surface area contributed by atoms with Gasteiger partial charge in [0.05, 0.1) is 17.7 Å². The number of hydrogen-bond donors (Lipinski definition) is 0. The monoisotopic (exact) mass is 291 g/mol. The van der Waals surface area contributed by atoms with Crippen LogP contribution >= 0.6 is 0 Å². The van der Waals surface area contributed by atoms with Crippen LogP contribution in [0.1, 0.15) is 6.42 Å². The summed E-state index contributed by atoms with van der Waals surface area (Å²) in [6.45, 7) is 0.340. The lowest BCUT2D eigenvalue weighted by atomic mass is 10.0. The third-order valence-electron chi connectivity index (χ3n) is 3.49. The van der Waals surface area contributed by atoms with Crippen LogP contribution in [0.25, 0.3) is 22.5 Å². The molecule has 0 atom stereocenters. The molecular formula is C18H15N2O2-. The number of hydrogen-bond acceptors (Lipinski definition) is 3. The predicted octanol–water partition coefficient (Wildman–Crippen LogP) is 2.36. The van der Waals surface area contributed by atoms with Crippen LogP contribution in [-0.4, -0.2) is 15.5 Å². The maximum absolute atomic E-state index is 10.8. The zero-order valence-electron chi connectivity index (χ0n) is 12.0. The summed E-state index contributed by atoms with van der Waals surface area (Å²) in [5.74, 6) is -1.06. The van der Waals surface area contributed by atoms with Crippen molar-refractivity contribution in [2.24, 2.45) is 0 Å². The van der Waals surface area contributed by atoms with E-state index in [1.165, 1.54) is 0 Å². The summed E-state index contributed by atoms with van der Waals surface area (Å²) < 4.78 is 1.87. The number of carbonyl (C=O) groups excluding carboxylic acids is 1. The Kier molecular flexibility index (Phi) is 4.01. The van der Waals surface area contributed by atoms with Crippen LogP contribution in [0, 0.1) is 0 Å². The van der Waals surface area contributed by atoms with Gasteiger partial charge in [-0.05, 0) is 0 Å². The maximum Gasteiger partial charge on any atom is 0.0963 e. The first-order valence-corrected chi connectivity index (χ1v) is 7.11. The first-order valence-electron chi connectivity index (χ1n) is 7.11. The summed E-state index contributed by atoms with van der Waals surface area (Å²) in [5.41, 5.74) is 3.80. The number of rotatable bonds is 5. The topological polar surface area (TPSA) is 57.9 Å². The number of benzene rings is 2. The number of imidazole rings is 1. The van der Waals surface area contributed by atoms with Gasteiger partial charge in [0.15, 0.2) is 0 Å². The van der Waals surface area contributed by atoms with Crippen LogP contribution in [0.3, 0.4) is 0 Å². The second-order valence-corrected chi connectivity index (χ2v) is 4.99. The highest BCUT2D eigenvalue weighted by atomic mass is 16.4. The van der Waals surface area contributed by atoms with Crippen molar-refractivity contribution < 1.29 is 9.90 Å². The van der Waals surface area contributed by atoms with E-state index in [-0.39, 0.29) is 6.42 Å². The third-order valence-corrected chi connectivity index (χ3v) is 3.49. The molecule has 0 aliphatic heterocycles. The summed E-state index contributed by atoms with van der Waals surface area (Å²) in [4.78, 5) is 15.2. The van der Waals surface area contributed by atoms with Crippen LogP contribution in [0.5, 0.6) is 0 Å². The Bertz CT molecular complexity index is 764. The van der Waals surface area contributed by atoms with Gasteiger partial charge in [0.1, 0.15) is 0 Å². The largest absolute Gasteiger partial charge is 0.550 e. The molecule has 0 bridgehead atoms. The van der Waals surface area contributed by atoms with E-state index >= 15 is 0 Å². The highest BCUT2D eigenvalue weighted by Gasteiger charge is 2.14. The number of aryl methyl sites for hydroxylation is 1. The van der Waals surface area contributed by atoms with Gasteiger partial charge in [-0.25, -0.2) is 4.98 Å². The van der Waals surface area contributed by atoms with Crippen molar-refractivity contribution >= 4 is 5.97 Å². The molecule has 0 amide bonds. The van der Waals surface area contributed by atoms with E-state index in [9.17, 15) is 9.90 Å². The Morgan fingerprint density at radius 1 is 0.955 bits per heavy atom. The molecule has 0 radical (unpaired) electrons. The molecule has 3 aromatic rings. The number of carboxylic acid groups (broad SMARTS) is 1. The van der Waals surface area contributed by atoms with Gasteiger partial charge in [-0.3, -0.25) is 0 Å². The Labute approximate surface area is 128 Å². The summed E-state index contributed by atoms with van der Waals surface area (Å²) in [6, 6.07) is 19.7. The van der Waals surface area contributed by atoms with E-state index in [4.69, 9.17) is 0 Å². The van der Waals surface area contributed by atoms with Crippen molar-refractivity contribution in [2.75, 3.05) is 0 Å². The molecule has 0 fully saturated rings. The molecule has 4 nitrogen and oxygen atoms in total. The summed E-state index contributed by atoms with van der Waals surface area (Å²) in [7, 11) is 0. The smallest absolute Gasteiger partial charge is 0.0963 e. The van der Waals surface area contributed by atoms with Crippen LogP contribution in [-0.2, 0) is 11.3 Å². The number of carboxylic acids is 1. The maximum atomic E-state index is 10.8. The minimum atomic E-state index is -1.06. The third kappa shape index (κ3) is 2.91. The molecule has 3 rings (SSSR count). The van der Waals surface area contributed by atoms with Crippen molar-refractivity contribution in [3.63, 3.8) is 0 Å². The van der Waals surface area contributed by atoms with Crippen molar-refractivity contribution in [1.82, 2.24) is 9.55 Å². The van der Waals surface area contributed by atoms with Crippen LogP contribution < -0.4 is 5.11 Å². The lowest BCUT2D eigenvalue weighted by molar-refractivity contribution is -0.305. The molecule has 1 aromatic heterocycles. The highest BCUT2D eigenvalue weighted by molar-refractivity contribution is 5.78. The Morgan fingerprint density at radius 3 is 2.14 bits per heavy atom. The Morgan fingerprint density at radius 2 is 1.55 bits per heavy atom. The predicted molar refractivity (Wildman–Crippen MR) is 82.7 cm³/mol. The number of aromatic nitrogens is 2. The molecule has 0 N–H and O–H groups in total. The zero-order chi connectivity index (χ0) is 15.4. The van der Waals surface area contributed by atoms with E-state index in [1.807, 2.05) is 65.2 Å². The fourth-order valence-electron chi connectivity index (χ4n) is 2.47. The minimum absolute atomic E-state index is 0.0373. The molecule has 0 aliphatic rings. The Balaban J connectivity index is 2.09. The summed E-state index contributed by atoms with van der Waals surface area (Å²) >= 11 is 0. The average Bonchev–Trinajstić information content (AvgIpc) is 2.98. The van der Waals surface area contributed by atoms with E-state index in [2.05, 4.69) is 4.98 Å². The second kappa shape index (κ2) is 6.26. The summed E-state index contributed by atoms with van der Waals surface area (Å²) in [6.07, 6.45) is 1.65. The quantitative estimate of drug-likeness (QED) is 0.725. The normalized spacial score (nSPS) is 10.5. The molecule has 22 heavy (non-hydrogen) atoms. The number of aliphatic carboxylic acids is 1. The van der Waals surface area contributed by atoms with Crippen LogP contribution in [0.4, 0.5) is 0 Å². The standard InChI is InChI=1S/C18H16N2O2/c21-16(22)11-12-20-13-19-17(14-7-3-1-4-8-14)18(20)15-9-5-2-6-10-15/h1-10,13H,11-12H2,(H,21,22)/p-1. The van der Waals surface area contributed by atoms with Gasteiger partial charge in [0.2, 0.25) is 0 Å². The van der Waals surface area contributed by atoms with Gasteiger partial charge in [-0.2, -0.15) is 0 Å². The molecule has 0 saturated carbocycles. The van der Waals surface area contributed by atoms with Crippen LogP contribution in [0.2, 0.25) is 0 Å². The number of carbonyl (C=O) groups is 1. The number of nitrogens with zero attached hydrogens (tertiary/aromatic N) is 2. The minimum Gasteiger partial charge on any atom is -0.550 e. The van der Waals surface area contributed by atoms with Crippen molar-refractivity contribution in [3.05, 3.63) is 67.0 Å². The van der Waals surface area contributed by atoms with Crippen molar-refractivity contribution in [2.45, 2.75) is 13.0 Å². The lowest BCUT2D eigenvalue weighted by Gasteiger charge is -2.11. The zero-order valence-corrected chi connectivity index (χ0v) is 12.0. The molecule has 4 heteroatoms. The van der Waals surface area contributed by atoms with E-state index in [0.717, 1.165) is 22.5 Å².